The van der Waals surface area contributed by atoms with Gasteiger partial charge in [-0.2, -0.15) is 0 Å². The summed E-state index contributed by atoms with van der Waals surface area (Å²) in [4.78, 5) is 53.8. The summed E-state index contributed by atoms with van der Waals surface area (Å²) in [5.74, 6) is -0.521. The van der Waals surface area contributed by atoms with Gasteiger partial charge in [0.1, 0.15) is 11.4 Å². The van der Waals surface area contributed by atoms with Gasteiger partial charge in [-0.15, -0.1) is 0 Å². The maximum Gasteiger partial charge on any atom is 0.332 e. The zero-order valence-corrected chi connectivity index (χ0v) is 17.3. The number of nitrogens with two attached hydrogens (primary N) is 1. The minimum atomic E-state index is -0.656. The molecular weight excluding hydrogens is 386 g/mol. The van der Waals surface area contributed by atoms with Gasteiger partial charge in [-0.25, -0.2) is 4.79 Å². The zero-order chi connectivity index (χ0) is 21.8. The molecule has 9 nitrogen and oxygen atoms in total. The van der Waals surface area contributed by atoms with E-state index in [2.05, 4.69) is 0 Å². The number of nitrogens with zero attached hydrogens (tertiary/aromatic N) is 4. The fourth-order valence-electron chi connectivity index (χ4n) is 3.68. The molecule has 0 aliphatic carbocycles. The molecule has 0 spiro atoms. The number of nitrogen functional groups attached to an aromatic ring is 1. The quantitative estimate of drug-likeness (QED) is 0.668. The summed E-state index contributed by atoms with van der Waals surface area (Å²) < 4.78 is 2.32. The van der Waals surface area contributed by atoms with E-state index in [4.69, 9.17) is 5.73 Å². The minimum absolute atomic E-state index is 0.00374. The van der Waals surface area contributed by atoms with Crippen molar-refractivity contribution >= 4 is 17.5 Å². The SMILES string of the molecule is CCn1c(=O)c(C(=O)CN2CCN(C(C)=O)CC2)c(N)n(Cc2ccccc2)c1=O. The topological polar surface area (TPSA) is 111 Å². The van der Waals surface area contributed by atoms with Crippen LogP contribution in [-0.4, -0.2) is 63.3 Å². The Morgan fingerprint density at radius 3 is 2.20 bits per heavy atom. The highest BCUT2D eigenvalue weighted by Crippen LogP contribution is 2.11. The molecule has 3 rings (SSSR count). The second-order valence-electron chi connectivity index (χ2n) is 7.37. The van der Waals surface area contributed by atoms with Gasteiger partial charge in [-0.1, -0.05) is 30.3 Å². The zero-order valence-electron chi connectivity index (χ0n) is 17.3. The highest BCUT2D eigenvalue weighted by molar-refractivity contribution is 6.01. The fourth-order valence-corrected chi connectivity index (χ4v) is 3.68. The van der Waals surface area contributed by atoms with Gasteiger partial charge in [-0.3, -0.25) is 28.4 Å². The normalized spacial score (nSPS) is 14.7. The molecule has 2 N–H and O–H groups in total. The van der Waals surface area contributed by atoms with Crippen LogP contribution in [0.15, 0.2) is 39.9 Å². The summed E-state index contributed by atoms with van der Waals surface area (Å²) in [6, 6.07) is 9.26. The largest absolute Gasteiger partial charge is 0.384 e. The first kappa shape index (κ1) is 21.5. The molecule has 160 valence electrons. The third-order valence-corrected chi connectivity index (χ3v) is 5.43. The Labute approximate surface area is 174 Å². The second kappa shape index (κ2) is 9.08. The Hall–Kier alpha value is -3.20. The molecule has 1 aromatic heterocycles. The monoisotopic (exact) mass is 413 g/mol. The van der Waals surface area contributed by atoms with Crippen molar-refractivity contribution < 1.29 is 9.59 Å². The lowest BCUT2D eigenvalue weighted by atomic mass is 10.1. The van der Waals surface area contributed by atoms with E-state index in [-0.39, 0.29) is 36.9 Å². The number of hydrogen-bond donors (Lipinski definition) is 1. The number of carbonyl (C=O) groups excluding carboxylic acids is 2. The maximum atomic E-state index is 13.0. The smallest absolute Gasteiger partial charge is 0.332 e. The summed E-state index contributed by atoms with van der Waals surface area (Å²) in [5, 5.41) is 0. The molecule has 1 saturated heterocycles. The predicted molar refractivity (Wildman–Crippen MR) is 114 cm³/mol. The maximum absolute atomic E-state index is 13.0. The van der Waals surface area contributed by atoms with E-state index in [0.717, 1.165) is 10.1 Å². The van der Waals surface area contributed by atoms with Gasteiger partial charge in [0.15, 0.2) is 5.78 Å². The van der Waals surface area contributed by atoms with Gasteiger partial charge in [0.25, 0.3) is 5.56 Å². The Balaban J connectivity index is 1.91. The van der Waals surface area contributed by atoms with Crippen LogP contribution in [0.1, 0.15) is 29.8 Å². The minimum Gasteiger partial charge on any atom is -0.384 e. The Morgan fingerprint density at radius 2 is 1.63 bits per heavy atom. The van der Waals surface area contributed by atoms with Crippen LogP contribution in [0.4, 0.5) is 5.82 Å². The molecule has 1 aliphatic heterocycles. The summed E-state index contributed by atoms with van der Waals surface area (Å²) in [5.41, 5.74) is 5.68. The molecule has 1 aliphatic rings. The summed E-state index contributed by atoms with van der Waals surface area (Å²) in [6.07, 6.45) is 0. The van der Waals surface area contributed by atoms with Crippen LogP contribution in [0, 0.1) is 0 Å². The van der Waals surface area contributed by atoms with Gasteiger partial charge in [0.2, 0.25) is 5.91 Å². The van der Waals surface area contributed by atoms with Crippen molar-refractivity contribution in [3.63, 3.8) is 0 Å². The number of hydrogen-bond acceptors (Lipinski definition) is 6. The molecular formula is C21H27N5O4. The van der Waals surface area contributed by atoms with E-state index in [0.29, 0.717) is 26.2 Å². The predicted octanol–water partition coefficient (Wildman–Crippen LogP) is 0.00720. The number of amides is 1. The molecule has 0 unspecified atom stereocenters. The molecule has 0 saturated carbocycles. The molecule has 1 fully saturated rings. The van der Waals surface area contributed by atoms with Gasteiger partial charge in [0, 0.05) is 39.6 Å². The number of anilines is 1. The summed E-state index contributed by atoms with van der Waals surface area (Å²) >= 11 is 0. The van der Waals surface area contributed by atoms with Crippen LogP contribution in [0.3, 0.4) is 0 Å². The van der Waals surface area contributed by atoms with E-state index in [1.165, 1.54) is 11.5 Å². The van der Waals surface area contributed by atoms with E-state index >= 15 is 0 Å². The number of ketones is 1. The number of rotatable bonds is 6. The van der Waals surface area contributed by atoms with E-state index in [1.807, 2.05) is 35.2 Å². The van der Waals surface area contributed by atoms with Crippen molar-refractivity contribution in [2.45, 2.75) is 26.9 Å². The van der Waals surface area contributed by atoms with Gasteiger partial charge < -0.3 is 10.6 Å². The molecule has 1 aromatic carbocycles. The number of benzene rings is 1. The molecule has 0 atom stereocenters. The third kappa shape index (κ3) is 4.35. The average Bonchev–Trinajstić information content (AvgIpc) is 2.72. The number of carbonyl (C=O) groups is 2. The first-order chi connectivity index (χ1) is 14.3. The highest BCUT2D eigenvalue weighted by Gasteiger charge is 2.26. The number of piperazine rings is 1. The lowest BCUT2D eigenvalue weighted by Crippen LogP contribution is -2.50. The molecule has 2 aromatic rings. The van der Waals surface area contributed by atoms with Crippen molar-refractivity contribution in [3.05, 3.63) is 62.3 Å². The van der Waals surface area contributed by atoms with Crippen LogP contribution in [0.25, 0.3) is 0 Å². The van der Waals surface area contributed by atoms with Crippen LogP contribution in [0.2, 0.25) is 0 Å². The van der Waals surface area contributed by atoms with Crippen LogP contribution in [0.5, 0.6) is 0 Å². The van der Waals surface area contributed by atoms with Crippen molar-refractivity contribution in [1.82, 2.24) is 18.9 Å². The first-order valence-electron chi connectivity index (χ1n) is 10.0. The van der Waals surface area contributed by atoms with Gasteiger partial charge >= 0.3 is 5.69 Å². The summed E-state index contributed by atoms with van der Waals surface area (Å²) in [6.45, 7) is 5.67. The van der Waals surface area contributed by atoms with Crippen LogP contribution in [-0.2, 0) is 17.9 Å². The van der Waals surface area contributed by atoms with Gasteiger partial charge in [-0.05, 0) is 12.5 Å². The van der Waals surface area contributed by atoms with E-state index < -0.39 is 17.0 Å². The fraction of sp³-hybridized carbons (Fsp3) is 0.429. The Kier molecular flexibility index (Phi) is 6.51. The molecule has 1 amide bonds. The van der Waals surface area contributed by atoms with Crippen LogP contribution >= 0.6 is 0 Å². The number of Topliss-reactive ketones (excluding diaryl/α,β-unsaturated/α-hetero) is 1. The molecule has 0 bridgehead atoms. The number of aromatic nitrogens is 2. The van der Waals surface area contributed by atoms with Crippen molar-refractivity contribution in [2.75, 3.05) is 38.5 Å². The average molecular weight is 413 g/mol. The molecule has 2 heterocycles. The lowest BCUT2D eigenvalue weighted by molar-refractivity contribution is -0.130. The van der Waals surface area contributed by atoms with E-state index in [1.54, 1.807) is 11.8 Å². The van der Waals surface area contributed by atoms with Crippen LogP contribution < -0.4 is 17.0 Å². The molecule has 0 radical (unpaired) electrons. The Bertz CT molecular complexity index is 1050. The van der Waals surface area contributed by atoms with Crippen molar-refractivity contribution in [3.8, 4) is 0 Å². The highest BCUT2D eigenvalue weighted by atomic mass is 16.2. The van der Waals surface area contributed by atoms with Crippen molar-refractivity contribution in [2.24, 2.45) is 0 Å². The third-order valence-electron chi connectivity index (χ3n) is 5.43. The first-order valence-corrected chi connectivity index (χ1v) is 10.0. The van der Waals surface area contributed by atoms with E-state index in [9.17, 15) is 19.2 Å². The molecule has 9 heteroatoms. The Morgan fingerprint density at radius 1 is 1.00 bits per heavy atom. The lowest BCUT2D eigenvalue weighted by Gasteiger charge is -2.33. The summed E-state index contributed by atoms with van der Waals surface area (Å²) in [7, 11) is 0. The molecule has 30 heavy (non-hydrogen) atoms. The van der Waals surface area contributed by atoms with Crippen molar-refractivity contribution in [1.29, 1.82) is 0 Å². The second-order valence-corrected chi connectivity index (χ2v) is 7.37. The standard InChI is InChI=1S/C21H27N5O4/c1-3-25-20(29)18(17(28)14-23-9-11-24(12-10-23)15(2)27)19(22)26(21(25)30)13-16-7-5-4-6-8-16/h4-8H,3,9-14,22H2,1-2H3. The van der Waals surface area contributed by atoms with Gasteiger partial charge in [0.05, 0.1) is 13.1 Å².